The number of esters is 1. The second-order valence-corrected chi connectivity index (χ2v) is 8.75. The van der Waals surface area contributed by atoms with Crippen molar-refractivity contribution in [1.29, 1.82) is 0 Å². The molecule has 0 radical (unpaired) electrons. The summed E-state index contributed by atoms with van der Waals surface area (Å²) < 4.78 is 9.24. The van der Waals surface area contributed by atoms with Crippen LogP contribution in [-0.4, -0.2) is 23.1 Å². The minimum atomic E-state index is -0.890. The van der Waals surface area contributed by atoms with Gasteiger partial charge in [-0.25, -0.2) is 13.9 Å². The molecular weight excluding hydrogens is 414 g/mol. The molecule has 3 aromatic rings. The van der Waals surface area contributed by atoms with E-state index in [1.807, 2.05) is 91.5 Å². The zero-order valence-corrected chi connectivity index (χ0v) is 19.3. The first-order valence-electron chi connectivity index (χ1n) is 11.6. The third-order valence-electron chi connectivity index (χ3n) is 7.06. The minimum Gasteiger partial charge on any atom is -0.463 e. The molecule has 0 unspecified atom stereocenters. The lowest BCUT2D eigenvalue weighted by Gasteiger charge is -2.37. The summed E-state index contributed by atoms with van der Waals surface area (Å²) in [6.07, 6.45) is 6.59. The number of nitrogens with two attached hydrogens (primary N) is 1. The maximum Gasteiger partial charge on any atom is 0.348 e. The smallest absolute Gasteiger partial charge is 0.348 e. The summed E-state index contributed by atoms with van der Waals surface area (Å²) in [5.74, 6) is 0.503. The Labute approximate surface area is 195 Å². The highest BCUT2D eigenvalue weighted by atomic mass is 16.5. The van der Waals surface area contributed by atoms with Crippen LogP contribution >= 0.6 is 0 Å². The molecule has 172 valence electrons. The number of carbonyl (C=O) groups is 2. The van der Waals surface area contributed by atoms with Crippen molar-refractivity contribution in [2.24, 2.45) is 11.7 Å². The molecule has 6 heteroatoms. The van der Waals surface area contributed by atoms with Crippen molar-refractivity contribution in [2.75, 3.05) is 6.61 Å². The van der Waals surface area contributed by atoms with E-state index < -0.39 is 5.41 Å². The lowest BCUT2D eigenvalue weighted by Crippen LogP contribution is -2.47. The van der Waals surface area contributed by atoms with Gasteiger partial charge >= 0.3 is 5.97 Å². The van der Waals surface area contributed by atoms with Gasteiger partial charge in [-0.05, 0) is 43.2 Å². The van der Waals surface area contributed by atoms with E-state index in [0.29, 0.717) is 6.61 Å². The Balaban J connectivity index is 1.68. The first-order valence-corrected chi connectivity index (χ1v) is 11.6. The lowest BCUT2D eigenvalue weighted by atomic mass is 9.64. The monoisotopic (exact) mass is 446 g/mol. The van der Waals surface area contributed by atoms with Gasteiger partial charge in [-0.1, -0.05) is 60.7 Å². The predicted octanol–water partition coefficient (Wildman–Crippen LogP) is 3.46. The van der Waals surface area contributed by atoms with E-state index in [-0.39, 0.29) is 30.4 Å². The summed E-state index contributed by atoms with van der Waals surface area (Å²) in [5.41, 5.74) is 7.21. The van der Waals surface area contributed by atoms with Crippen LogP contribution < -0.4 is 10.3 Å². The number of rotatable bonds is 8. The molecule has 0 aliphatic heterocycles. The van der Waals surface area contributed by atoms with Crippen molar-refractivity contribution < 1.29 is 18.9 Å². The van der Waals surface area contributed by atoms with E-state index in [9.17, 15) is 9.59 Å². The predicted molar refractivity (Wildman–Crippen MR) is 125 cm³/mol. The maximum atomic E-state index is 13.3. The van der Waals surface area contributed by atoms with Crippen LogP contribution in [0, 0.1) is 12.8 Å². The number of ether oxygens (including phenoxy) is 1. The van der Waals surface area contributed by atoms with Crippen molar-refractivity contribution in [2.45, 2.75) is 51.1 Å². The van der Waals surface area contributed by atoms with E-state index in [4.69, 9.17) is 10.5 Å². The molecule has 1 fully saturated rings. The number of amides is 1. The van der Waals surface area contributed by atoms with Crippen LogP contribution in [-0.2, 0) is 26.3 Å². The summed E-state index contributed by atoms with van der Waals surface area (Å²) in [6, 6.07) is 20.1. The zero-order chi connectivity index (χ0) is 23.4. The van der Waals surface area contributed by atoms with Gasteiger partial charge < -0.3 is 10.5 Å². The van der Waals surface area contributed by atoms with Gasteiger partial charge in [0.2, 0.25) is 5.91 Å². The number of imidazole rings is 1. The van der Waals surface area contributed by atoms with Gasteiger partial charge in [0.1, 0.15) is 23.9 Å². The Hall–Kier alpha value is -3.41. The molecule has 6 nitrogen and oxygen atoms in total. The number of aromatic nitrogens is 2. The van der Waals surface area contributed by atoms with Crippen LogP contribution in [0.2, 0.25) is 0 Å². The second-order valence-electron chi connectivity index (χ2n) is 8.75. The highest BCUT2D eigenvalue weighted by Crippen LogP contribution is 2.49. The lowest BCUT2D eigenvalue weighted by molar-refractivity contribution is -0.691. The summed E-state index contributed by atoms with van der Waals surface area (Å²) in [5, 5.41) is 0. The fourth-order valence-corrected chi connectivity index (χ4v) is 5.54. The van der Waals surface area contributed by atoms with Crippen LogP contribution in [0.25, 0.3) is 0 Å². The largest absolute Gasteiger partial charge is 0.463 e. The molecular formula is C27H32N3O3+. The standard InChI is InChI=1S/C27H31N3O3/c1-3-33-25(31)19-29-16-17-30(20(29)2)24-15-14-23(18-24)27(26(28)32,21-10-6-4-7-11-21)22-12-8-5-9-13-22/h4-13,16-17,23-24H,3,14-15,18-19H2,1-2H3,(H-,28,32)/p+1/t23-,24+/m1/s1. The van der Waals surface area contributed by atoms with Crippen molar-refractivity contribution >= 4 is 11.9 Å². The molecule has 1 heterocycles. The van der Waals surface area contributed by atoms with Gasteiger partial charge in [0.15, 0.2) is 6.54 Å². The Morgan fingerprint density at radius 2 is 1.67 bits per heavy atom. The molecule has 2 aromatic carbocycles. The molecule has 0 saturated heterocycles. The number of hydrogen-bond acceptors (Lipinski definition) is 3. The van der Waals surface area contributed by atoms with Crippen molar-refractivity contribution in [3.05, 3.63) is 90.0 Å². The van der Waals surface area contributed by atoms with Crippen LogP contribution in [0.1, 0.15) is 49.2 Å². The van der Waals surface area contributed by atoms with Crippen molar-refractivity contribution in [3.63, 3.8) is 0 Å². The Morgan fingerprint density at radius 3 is 2.21 bits per heavy atom. The first kappa shape index (κ1) is 22.8. The summed E-state index contributed by atoms with van der Waals surface area (Å²) in [7, 11) is 0. The van der Waals surface area contributed by atoms with Gasteiger partial charge in [-0.3, -0.25) is 4.79 Å². The maximum absolute atomic E-state index is 13.3. The number of benzene rings is 2. The Morgan fingerprint density at radius 1 is 1.06 bits per heavy atom. The van der Waals surface area contributed by atoms with Crippen molar-refractivity contribution in [1.82, 2.24) is 4.57 Å². The summed E-state index contributed by atoms with van der Waals surface area (Å²) in [6.45, 7) is 4.39. The van der Waals surface area contributed by atoms with Crippen LogP contribution in [0.4, 0.5) is 0 Å². The molecule has 1 aliphatic carbocycles. The average Bonchev–Trinajstić information content (AvgIpc) is 3.43. The van der Waals surface area contributed by atoms with E-state index in [0.717, 1.165) is 36.2 Å². The van der Waals surface area contributed by atoms with E-state index in [1.54, 1.807) is 0 Å². The molecule has 1 saturated carbocycles. The normalized spacial score (nSPS) is 18.2. The molecule has 1 amide bonds. The first-order chi connectivity index (χ1) is 16.0. The van der Waals surface area contributed by atoms with E-state index in [2.05, 4.69) is 4.57 Å². The highest BCUT2D eigenvalue weighted by molar-refractivity contribution is 5.91. The number of primary amides is 1. The van der Waals surface area contributed by atoms with Gasteiger partial charge in [0, 0.05) is 6.92 Å². The van der Waals surface area contributed by atoms with Crippen LogP contribution in [0.15, 0.2) is 73.1 Å². The van der Waals surface area contributed by atoms with E-state index in [1.165, 1.54) is 0 Å². The second kappa shape index (κ2) is 9.61. The quantitative estimate of drug-likeness (QED) is 0.425. The van der Waals surface area contributed by atoms with Gasteiger partial charge in [0.05, 0.1) is 6.61 Å². The molecule has 1 aliphatic rings. The molecule has 0 bridgehead atoms. The molecule has 0 spiro atoms. The zero-order valence-electron chi connectivity index (χ0n) is 19.3. The van der Waals surface area contributed by atoms with E-state index >= 15 is 0 Å². The minimum absolute atomic E-state index is 0.0603. The Kier molecular flexibility index (Phi) is 6.63. The molecule has 1 aromatic heterocycles. The molecule has 2 N–H and O–H groups in total. The number of nitrogens with zero attached hydrogens (tertiary/aromatic N) is 2. The van der Waals surface area contributed by atoms with Gasteiger partial charge in [-0.15, -0.1) is 0 Å². The highest BCUT2D eigenvalue weighted by Gasteiger charge is 2.51. The van der Waals surface area contributed by atoms with Gasteiger partial charge in [0.25, 0.3) is 5.82 Å². The fourth-order valence-electron chi connectivity index (χ4n) is 5.54. The number of hydrogen-bond donors (Lipinski definition) is 1. The summed E-state index contributed by atoms with van der Waals surface area (Å²) in [4.78, 5) is 25.2. The Bertz CT molecular complexity index is 1070. The number of carbonyl (C=O) groups excluding carboxylic acids is 2. The SMILES string of the molecule is CCOC(=O)C[n+]1ccn([C@H]2CC[C@@H](C(C(N)=O)(c3ccccc3)c3ccccc3)C2)c1C. The third kappa shape index (κ3) is 4.17. The molecule has 33 heavy (non-hydrogen) atoms. The topological polar surface area (TPSA) is 78.2 Å². The molecule has 4 rings (SSSR count). The average molecular weight is 447 g/mol. The van der Waals surface area contributed by atoms with Crippen molar-refractivity contribution in [3.8, 4) is 0 Å². The fraction of sp³-hybridized carbons (Fsp3) is 0.370. The summed E-state index contributed by atoms with van der Waals surface area (Å²) >= 11 is 0. The van der Waals surface area contributed by atoms with Crippen LogP contribution in [0.5, 0.6) is 0 Å². The van der Waals surface area contributed by atoms with Gasteiger partial charge in [-0.2, -0.15) is 0 Å². The third-order valence-corrected chi connectivity index (χ3v) is 7.06. The molecule has 2 atom stereocenters. The van der Waals surface area contributed by atoms with Crippen LogP contribution in [0.3, 0.4) is 0 Å².